The molecule has 0 aliphatic heterocycles. The number of nitrogens with zero attached hydrogens (tertiary/aromatic N) is 1. The first kappa shape index (κ1) is 16.1. The largest absolute Gasteiger partial charge is 0.396 e. The van der Waals surface area contributed by atoms with Crippen LogP contribution in [-0.2, 0) is 13.1 Å². The van der Waals surface area contributed by atoms with Gasteiger partial charge in [0, 0.05) is 36.7 Å². The van der Waals surface area contributed by atoms with Gasteiger partial charge in [0.2, 0.25) is 0 Å². The normalized spacial score (nSPS) is 11.3. The Kier molecular flexibility index (Phi) is 5.85. The van der Waals surface area contributed by atoms with Crippen molar-refractivity contribution in [1.29, 1.82) is 0 Å². The summed E-state index contributed by atoms with van der Waals surface area (Å²) in [5.74, 6) is -0.825. The van der Waals surface area contributed by atoms with Crippen LogP contribution >= 0.6 is 11.3 Å². The Morgan fingerprint density at radius 3 is 2.67 bits per heavy atom. The van der Waals surface area contributed by atoms with Crippen molar-refractivity contribution in [3.63, 3.8) is 0 Å². The maximum atomic E-state index is 13.8. The van der Waals surface area contributed by atoms with Gasteiger partial charge in [0.1, 0.15) is 11.6 Å². The Hall–Kier alpha value is -1.30. The molecular weight excluding hydrogens is 292 g/mol. The van der Waals surface area contributed by atoms with E-state index in [4.69, 9.17) is 5.11 Å². The highest BCUT2D eigenvalue weighted by Gasteiger charge is 2.12. The molecule has 0 saturated heterocycles. The predicted molar refractivity (Wildman–Crippen MR) is 81.2 cm³/mol. The molecule has 0 fully saturated rings. The van der Waals surface area contributed by atoms with E-state index in [1.54, 1.807) is 11.3 Å². The van der Waals surface area contributed by atoms with E-state index in [-0.39, 0.29) is 6.61 Å². The lowest BCUT2D eigenvalue weighted by Gasteiger charge is -2.22. The number of hydrogen-bond acceptors (Lipinski definition) is 3. The van der Waals surface area contributed by atoms with E-state index < -0.39 is 11.6 Å². The summed E-state index contributed by atoms with van der Waals surface area (Å²) in [5, 5.41) is 11.0. The maximum absolute atomic E-state index is 13.8. The quantitative estimate of drug-likeness (QED) is 0.842. The van der Waals surface area contributed by atoms with Gasteiger partial charge in [0.15, 0.2) is 0 Å². The highest BCUT2D eigenvalue weighted by atomic mass is 32.1. The average Bonchev–Trinajstić information content (AvgIpc) is 2.85. The molecule has 0 amide bonds. The number of rotatable bonds is 7. The fraction of sp³-hybridized carbons (Fsp3) is 0.375. The van der Waals surface area contributed by atoms with E-state index in [0.717, 1.165) is 12.1 Å². The molecule has 0 aliphatic carbocycles. The van der Waals surface area contributed by atoms with Crippen LogP contribution in [0.15, 0.2) is 29.6 Å². The second-order valence-electron chi connectivity index (χ2n) is 5.05. The van der Waals surface area contributed by atoms with Crippen molar-refractivity contribution >= 4 is 11.3 Å². The van der Waals surface area contributed by atoms with Crippen LogP contribution in [0.25, 0.3) is 0 Å². The molecule has 0 radical (unpaired) electrons. The highest BCUT2D eigenvalue weighted by molar-refractivity contribution is 7.10. The molecule has 1 aromatic carbocycles. The first-order chi connectivity index (χ1) is 10.1. The number of aryl methyl sites for hydroxylation is 1. The Morgan fingerprint density at radius 2 is 2.00 bits per heavy atom. The van der Waals surface area contributed by atoms with Gasteiger partial charge in [-0.25, -0.2) is 8.78 Å². The van der Waals surface area contributed by atoms with Crippen LogP contribution in [-0.4, -0.2) is 23.2 Å². The third-order valence-electron chi connectivity index (χ3n) is 3.37. The summed E-state index contributed by atoms with van der Waals surface area (Å²) in [7, 11) is 0. The summed E-state index contributed by atoms with van der Waals surface area (Å²) in [6.45, 7) is 3.79. The van der Waals surface area contributed by atoms with Gasteiger partial charge in [-0.2, -0.15) is 0 Å². The summed E-state index contributed by atoms with van der Waals surface area (Å²) in [6, 6.07) is 5.57. The van der Waals surface area contributed by atoms with E-state index in [1.807, 2.05) is 23.3 Å². The van der Waals surface area contributed by atoms with E-state index in [0.29, 0.717) is 31.6 Å². The van der Waals surface area contributed by atoms with Crippen LogP contribution < -0.4 is 0 Å². The molecule has 0 aliphatic rings. The molecule has 2 aromatic rings. The van der Waals surface area contributed by atoms with Gasteiger partial charge < -0.3 is 5.11 Å². The minimum absolute atomic E-state index is 0.0888. The molecule has 114 valence electrons. The third kappa shape index (κ3) is 4.59. The number of aliphatic hydroxyl groups excluding tert-OH is 1. The second-order valence-corrected chi connectivity index (χ2v) is 6.05. The Bertz CT molecular complexity index is 585. The number of hydrogen-bond donors (Lipinski definition) is 1. The monoisotopic (exact) mass is 311 g/mol. The molecule has 0 spiro atoms. The van der Waals surface area contributed by atoms with Gasteiger partial charge in [-0.3, -0.25) is 4.90 Å². The van der Waals surface area contributed by atoms with Crippen LogP contribution in [0.4, 0.5) is 8.78 Å². The van der Waals surface area contributed by atoms with Crippen molar-refractivity contribution in [2.75, 3.05) is 13.2 Å². The van der Waals surface area contributed by atoms with Crippen LogP contribution in [0.3, 0.4) is 0 Å². The van der Waals surface area contributed by atoms with E-state index >= 15 is 0 Å². The lowest BCUT2D eigenvalue weighted by atomic mass is 10.1. The number of thiophene rings is 1. The van der Waals surface area contributed by atoms with Gasteiger partial charge in [-0.05, 0) is 48.6 Å². The fourth-order valence-corrected chi connectivity index (χ4v) is 3.13. The molecule has 21 heavy (non-hydrogen) atoms. The zero-order chi connectivity index (χ0) is 15.2. The molecule has 2 nitrogen and oxygen atoms in total. The highest BCUT2D eigenvalue weighted by Crippen LogP contribution is 2.20. The van der Waals surface area contributed by atoms with Crippen molar-refractivity contribution in [3.05, 3.63) is 57.3 Å². The summed E-state index contributed by atoms with van der Waals surface area (Å²) in [5.41, 5.74) is 1.55. The van der Waals surface area contributed by atoms with Crippen LogP contribution in [0.1, 0.15) is 22.4 Å². The molecule has 0 unspecified atom stereocenters. The summed E-state index contributed by atoms with van der Waals surface area (Å²) < 4.78 is 27.0. The van der Waals surface area contributed by atoms with Crippen molar-refractivity contribution in [2.24, 2.45) is 0 Å². The van der Waals surface area contributed by atoms with Crippen LogP contribution in [0.2, 0.25) is 0 Å². The van der Waals surface area contributed by atoms with Crippen molar-refractivity contribution in [3.8, 4) is 0 Å². The predicted octanol–water partition coefficient (Wildman–Crippen LogP) is 3.72. The Balaban J connectivity index is 2.12. The SMILES string of the molecule is Cc1ccsc1CN(CCCO)Cc1cc(F)ccc1F. The molecule has 2 rings (SSSR count). The standard InChI is InChI=1S/C16H19F2NOS/c1-12-5-8-21-16(12)11-19(6-2-7-20)10-13-9-14(17)3-4-15(13)18/h3-5,8-9,20H,2,6-7,10-11H2,1H3. The van der Waals surface area contributed by atoms with Gasteiger partial charge in [-0.1, -0.05) is 0 Å². The van der Waals surface area contributed by atoms with Crippen molar-refractivity contribution in [1.82, 2.24) is 4.90 Å². The van der Waals surface area contributed by atoms with E-state index in [9.17, 15) is 8.78 Å². The smallest absolute Gasteiger partial charge is 0.127 e. The lowest BCUT2D eigenvalue weighted by molar-refractivity contribution is 0.211. The van der Waals surface area contributed by atoms with Crippen molar-refractivity contribution < 1.29 is 13.9 Å². The first-order valence-corrected chi connectivity index (χ1v) is 7.78. The topological polar surface area (TPSA) is 23.5 Å². The molecule has 1 heterocycles. The molecule has 0 bridgehead atoms. The zero-order valence-corrected chi connectivity index (χ0v) is 12.8. The summed E-state index contributed by atoms with van der Waals surface area (Å²) in [6.07, 6.45) is 0.612. The lowest BCUT2D eigenvalue weighted by Crippen LogP contribution is -2.25. The minimum Gasteiger partial charge on any atom is -0.396 e. The van der Waals surface area contributed by atoms with E-state index in [1.165, 1.54) is 16.5 Å². The number of halogens is 2. The second kappa shape index (κ2) is 7.64. The van der Waals surface area contributed by atoms with Crippen LogP contribution in [0.5, 0.6) is 0 Å². The third-order valence-corrected chi connectivity index (χ3v) is 4.38. The molecule has 5 heteroatoms. The fourth-order valence-electron chi connectivity index (χ4n) is 2.18. The Labute approximate surface area is 127 Å². The zero-order valence-electron chi connectivity index (χ0n) is 12.0. The number of benzene rings is 1. The van der Waals surface area contributed by atoms with Crippen LogP contribution in [0, 0.1) is 18.6 Å². The van der Waals surface area contributed by atoms with Gasteiger partial charge in [-0.15, -0.1) is 11.3 Å². The number of aliphatic hydroxyl groups is 1. The van der Waals surface area contributed by atoms with Gasteiger partial charge in [0.05, 0.1) is 0 Å². The summed E-state index contributed by atoms with van der Waals surface area (Å²) in [4.78, 5) is 3.25. The van der Waals surface area contributed by atoms with Gasteiger partial charge in [0.25, 0.3) is 0 Å². The maximum Gasteiger partial charge on any atom is 0.127 e. The average molecular weight is 311 g/mol. The molecule has 1 aromatic heterocycles. The molecule has 0 atom stereocenters. The van der Waals surface area contributed by atoms with Gasteiger partial charge >= 0.3 is 0 Å². The molecule has 1 N–H and O–H groups in total. The molecule has 0 saturated carbocycles. The molecular formula is C16H19F2NOS. The summed E-state index contributed by atoms with van der Waals surface area (Å²) >= 11 is 1.66. The minimum atomic E-state index is -0.430. The Morgan fingerprint density at radius 1 is 1.19 bits per heavy atom. The van der Waals surface area contributed by atoms with E-state index in [2.05, 4.69) is 0 Å². The first-order valence-electron chi connectivity index (χ1n) is 6.90. The van der Waals surface area contributed by atoms with Crippen molar-refractivity contribution in [2.45, 2.75) is 26.4 Å².